The lowest BCUT2D eigenvalue weighted by atomic mass is 9.86. The number of sulfone groups is 1. The van der Waals surface area contributed by atoms with E-state index in [0.717, 1.165) is 16.8 Å². The zero-order valence-corrected chi connectivity index (χ0v) is 19.2. The monoisotopic (exact) mass is 429 g/mol. The number of carbonyl (C=O) groups excluding carboxylic acids is 1. The summed E-state index contributed by atoms with van der Waals surface area (Å²) >= 11 is 0. The van der Waals surface area contributed by atoms with Crippen molar-refractivity contribution in [3.63, 3.8) is 0 Å². The van der Waals surface area contributed by atoms with Crippen LogP contribution in [0.15, 0.2) is 47.4 Å². The minimum Gasteiger partial charge on any atom is -0.494 e. The summed E-state index contributed by atoms with van der Waals surface area (Å²) in [4.78, 5) is 12.4. The van der Waals surface area contributed by atoms with E-state index in [1.807, 2.05) is 44.2 Å². The van der Waals surface area contributed by atoms with Crippen LogP contribution < -0.4 is 10.1 Å². The van der Waals surface area contributed by atoms with E-state index in [1.165, 1.54) is 0 Å². The second-order valence-corrected chi connectivity index (χ2v) is 11.5. The first-order valence-electron chi connectivity index (χ1n) is 10.3. The van der Waals surface area contributed by atoms with Crippen LogP contribution in [0.1, 0.15) is 58.6 Å². The van der Waals surface area contributed by atoms with E-state index in [4.69, 9.17) is 4.74 Å². The third-order valence-electron chi connectivity index (χ3n) is 5.64. The van der Waals surface area contributed by atoms with Crippen molar-refractivity contribution in [3.05, 3.63) is 53.6 Å². The van der Waals surface area contributed by atoms with Crippen LogP contribution in [0, 0.1) is 0 Å². The molecule has 1 aliphatic rings. The largest absolute Gasteiger partial charge is 0.494 e. The SMILES string of the molecule is CC(C)(C)c1ccc(S(=O)(=O)CCCCOc2ccc3c(c2)C(C)(C)C(=O)N3)cc1. The van der Waals surface area contributed by atoms with Crippen molar-refractivity contribution in [2.45, 2.75) is 63.2 Å². The Balaban J connectivity index is 1.51. The minimum absolute atomic E-state index is 0.00421. The maximum absolute atomic E-state index is 12.6. The van der Waals surface area contributed by atoms with Gasteiger partial charge in [0.25, 0.3) is 0 Å². The molecule has 0 saturated carbocycles. The van der Waals surface area contributed by atoms with Crippen LogP contribution in [0.25, 0.3) is 0 Å². The maximum Gasteiger partial charge on any atom is 0.234 e. The van der Waals surface area contributed by atoms with Crippen molar-refractivity contribution in [3.8, 4) is 5.75 Å². The predicted molar refractivity (Wildman–Crippen MR) is 120 cm³/mol. The van der Waals surface area contributed by atoms with Crippen LogP contribution in [0.4, 0.5) is 5.69 Å². The topological polar surface area (TPSA) is 72.5 Å². The molecule has 5 nitrogen and oxygen atoms in total. The van der Waals surface area contributed by atoms with Gasteiger partial charge in [0.1, 0.15) is 5.75 Å². The first-order valence-corrected chi connectivity index (χ1v) is 12.0. The van der Waals surface area contributed by atoms with Gasteiger partial charge in [0.2, 0.25) is 5.91 Å². The number of benzene rings is 2. The Morgan fingerprint density at radius 3 is 2.30 bits per heavy atom. The lowest BCUT2D eigenvalue weighted by Crippen LogP contribution is -2.26. The zero-order chi connectivity index (χ0) is 22.2. The van der Waals surface area contributed by atoms with Gasteiger partial charge in [-0.1, -0.05) is 32.9 Å². The van der Waals surface area contributed by atoms with Crippen molar-refractivity contribution < 1.29 is 17.9 Å². The Bertz CT molecular complexity index is 1030. The first kappa shape index (κ1) is 22.3. The Morgan fingerprint density at radius 2 is 1.67 bits per heavy atom. The smallest absolute Gasteiger partial charge is 0.234 e. The van der Waals surface area contributed by atoms with Gasteiger partial charge in [0, 0.05) is 5.69 Å². The summed E-state index contributed by atoms with van der Waals surface area (Å²) in [6.45, 7) is 10.5. The Morgan fingerprint density at radius 1 is 1.00 bits per heavy atom. The lowest BCUT2D eigenvalue weighted by molar-refractivity contribution is -0.119. The number of anilines is 1. The van der Waals surface area contributed by atoms with Crippen molar-refractivity contribution in [2.24, 2.45) is 0 Å². The quantitative estimate of drug-likeness (QED) is 0.639. The molecule has 6 heteroatoms. The highest BCUT2D eigenvalue weighted by atomic mass is 32.2. The highest BCUT2D eigenvalue weighted by Gasteiger charge is 2.38. The fourth-order valence-electron chi connectivity index (χ4n) is 3.50. The lowest BCUT2D eigenvalue weighted by Gasteiger charge is -2.19. The molecule has 1 heterocycles. The summed E-state index contributed by atoms with van der Waals surface area (Å²) in [5.74, 6) is 0.773. The maximum atomic E-state index is 12.6. The minimum atomic E-state index is -3.30. The van der Waals surface area contributed by atoms with Gasteiger partial charge < -0.3 is 10.1 Å². The molecule has 0 radical (unpaired) electrons. The summed E-state index contributed by atoms with van der Waals surface area (Å²) in [7, 11) is -3.30. The molecule has 0 fully saturated rings. The molecule has 2 aromatic carbocycles. The van der Waals surface area contributed by atoms with Gasteiger partial charge in [-0.15, -0.1) is 0 Å². The van der Waals surface area contributed by atoms with Gasteiger partial charge in [-0.25, -0.2) is 8.42 Å². The van der Waals surface area contributed by atoms with E-state index in [1.54, 1.807) is 12.1 Å². The number of hydrogen-bond acceptors (Lipinski definition) is 4. The number of carbonyl (C=O) groups is 1. The van der Waals surface area contributed by atoms with Crippen molar-refractivity contribution in [1.82, 2.24) is 0 Å². The second-order valence-electron chi connectivity index (χ2n) is 9.44. The van der Waals surface area contributed by atoms with E-state index in [0.29, 0.717) is 30.1 Å². The zero-order valence-electron chi connectivity index (χ0n) is 18.4. The van der Waals surface area contributed by atoms with Gasteiger partial charge >= 0.3 is 0 Å². The first-order chi connectivity index (χ1) is 13.9. The molecule has 0 spiro atoms. The van der Waals surface area contributed by atoms with Gasteiger partial charge in [-0.3, -0.25) is 4.79 Å². The number of unbranched alkanes of at least 4 members (excludes halogenated alkanes) is 1. The molecule has 0 aromatic heterocycles. The summed E-state index contributed by atoms with van der Waals surface area (Å²) in [6, 6.07) is 12.8. The Kier molecular flexibility index (Phi) is 6.01. The van der Waals surface area contributed by atoms with Crippen LogP contribution in [-0.2, 0) is 25.5 Å². The molecule has 1 amide bonds. The highest BCUT2D eigenvalue weighted by molar-refractivity contribution is 7.91. The van der Waals surface area contributed by atoms with Crippen LogP contribution >= 0.6 is 0 Å². The summed E-state index contributed by atoms with van der Waals surface area (Å²) in [5, 5.41) is 2.87. The molecule has 0 saturated heterocycles. The fourth-order valence-corrected chi connectivity index (χ4v) is 4.88. The van der Waals surface area contributed by atoms with Gasteiger partial charge in [-0.2, -0.15) is 0 Å². The Hall–Kier alpha value is -2.34. The van der Waals surface area contributed by atoms with Crippen molar-refractivity contribution in [2.75, 3.05) is 17.7 Å². The molecular formula is C24H31NO4S. The van der Waals surface area contributed by atoms with E-state index in [-0.39, 0.29) is 17.1 Å². The number of amides is 1. The standard InChI is InChI=1S/C24H31NO4S/c1-23(2,3)17-8-11-19(12-9-17)30(27,28)15-7-6-14-29-18-10-13-21-20(16-18)24(4,5)22(26)25-21/h8-13,16H,6-7,14-15H2,1-5H3,(H,25,26). The van der Waals surface area contributed by atoms with Crippen LogP contribution in [-0.4, -0.2) is 26.7 Å². The summed E-state index contributed by atoms with van der Waals surface area (Å²) in [6.07, 6.45) is 1.16. The molecule has 162 valence electrons. The predicted octanol–water partition coefficient (Wildman–Crippen LogP) is 4.85. The van der Waals surface area contributed by atoms with Gasteiger partial charge in [-0.05, 0) is 73.6 Å². The van der Waals surface area contributed by atoms with E-state index in [2.05, 4.69) is 26.1 Å². The molecular weight excluding hydrogens is 398 g/mol. The third-order valence-corrected chi connectivity index (χ3v) is 7.45. The van der Waals surface area contributed by atoms with E-state index >= 15 is 0 Å². The van der Waals surface area contributed by atoms with E-state index in [9.17, 15) is 13.2 Å². The molecule has 1 N–H and O–H groups in total. The molecule has 3 rings (SSSR count). The molecule has 1 aliphatic heterocycles. The van der Waals surface area contributed by atoms with Crippen LogP contribution in [0.5, 0.6) is 5.75 Å². The van der Waals surface area contributed by atoms with Gasteiger partial charge in [0.15, 0.2) is 9.84 Å². The molecule has 0 bridgehead atoms. The summed E-state index contributed by atoms with van der Waals surface area (Å²) < 4.78 is 31.0. The molecule has 2 aromatic rings. The normalized spacial score (nSPS) is 15.6. The van der Waals surface area contributed by atoms with Crippen molar-refractivity contribution in [1.29, 1.82) is 0 Å². The van der Waals surface area contributed by atoms with Gasteiger partial charge in [0.05, 0.1) is 22.7 Å². The van der Waals surface area contributed by atoms with E-state index < -0.39 is 15.3 Å². The number of ether oxygens (including phenoxy) is 1. The second kappa shape index (κ2) is 8.06. The number of rotatable bonds is 7. The molecule has 30 heavy (non-hydrogen) atoms. The molecule has 0 unspecified atom stereocenters. The van der Waals surface area contributed by atoms with Crippen LogP contribution in [0.3, 0.4) is 0 Å². The number of nitrogens with one attached hydrogen (secondary N) is 1. The number of fused-ring (bicyclic) bond motifs is 1. The van der Waals surface area contributed by atoms with Crippen LogP contribution in [0.2, 0.25) is 0 Å². The van der Waals surface area contributed by atoms with Crippen molar-refractivity contribution >= 4 is 21.4 Å². The molecule has 0 aliphatic carbocycles. The third kappa shape index (κ3) is 4.69. The fraction of sp³-hybridized carbons (Fsp3) is 0.458. The highest BCUT2D eigenvalue weighted by Crippen LogP contribution is 2.39. The number of hydrogen-bond donors (Lipinski definition) is 1. The average molecular weight is 430 g/mol. The summed E-state index contributed by atoms with van der Waals surface area (Å²) in [5.41, 5.74) is 2.28. The average Bonchev–Trinajstić information content (AvgIpc) is 2.90. The Labute approximate surface area is 179 Å². The molecule has 0 atom stereocenters.